The van der Waals surface area contributed by atoms with Crippen LogP contribution >= 0.6 is 0 Å². The highest BCUT2D eigenvalue weighted by molar-refractivity contribution is 5.19. The lowest BCUT2D eigenvalue weighted by Crippen LogP contribution is -2.18. The molecule has 1 fully saturated rings. The molecular weight excluding hydrogens is 210 g/mol. The fourth-order valence-corrected chi connectivity index (χ4v) is 2.13. The quantitative estimate of drug-likeness (QED) is 0.735. The van der Waals surface area contributed by atoms with Gasteiger partial charge in [-0.15, -0.1) is 0 Å². The van der Waals surface area contributed by atoms with Crippen LogP contribution in [0.2, 0.25) is 0 Å². The summed E-state index contributed by atoms with van der Waals surface area (Å²) >= 11 is 0. The van der Waals surface area contributed by atoms with Gasteiger partial charge in [-0.3, -0.25) is 4.68 Å². The summed E-state index contributed by atoms with van der Waals surface area (Å²) in [7, 11) is 0. The van der Waals surface area contributed by atoms with Crippen LogP contribution in [0.4, 0.5) is 0 Å². The van der Waals surface area contributed by atoms with Gasteiger partial charge in [-0.25, -0.2) is 0 Å². The molecule has 1 aromatic heterocycles. The lowest BCUT2D eigenvalue weighted by atomic mass is 10.2. The second-order valence-corrected chi connectivity index (χ2v) is 5.40. The van der Waals surface area contributed by atoms with E-state index in [9.17, 15) is 0 Å². The summed E-state index contributed by atoms with van der Waals surface area (Å²) in [5.41, 5.74) is 2.66. The Hall–Kier alpha value is -0.830. The molecule has 3 nitrogen and oxygen atoms in total. The van der Waals surface area contributed by atoms with Crippen LogP contribution in [0.25, 0.3) is 0 Å². The van der Waals surface area contributed by atoms with Crippen molar-refractivity contribution in [3.63, 3.8) is 0 Å². The Labute approximate surface area is 105 Å². The van der Waals surface area contributed by atoms with Crippen molar-refractivity contribution in [3.8, 4) is 0 Å². The molecule has 0 aliphatic heterocycles. The molecule has 1 saturated carbocycles. The Bertz CT molecular complexity index is 350. The van der Waals surface area contributed by atoms with Crippen molar-refractivity contribution in [1.82, 2.24) is 15.1 Å². The topological polar surface area (TPSA) is 29.9 Å². The zero-order valence-corrected chi connectivity index (χ0v) is 11.4. The van der Waals surface area contributed by atoms with E-state index in [1.165, 1.54) is 37.1 Å². The van der Waals surface area contributed by atoms with Gasteiger partial charge in [0.05, 0.1) is 11.4 Å². The van der Waals surface area contributed by atoms with Crippen LogP contribution < -0.4 is 5.32 Å². The van der Waals surface area contributed by atoms with Crippen LogP contribution in [0.1, 0.15) is 69.8 Å². The maximum atomic E-state index is 4.75. The molecule has 0 atom stereocenters. The summed E-state index contributed by atoms with van der Waals surface area (Å²) in [6, 6.07) is 2.77. The van der Waals surface area contributed by atoms with Crippen molar-refractivity contribution in [3.05, 3.63) is 17.5 Å². The first-order chi connectivity index (χ1) is 8.22. The van der Waals surface area contributed by atoms with Crippen molar-refractivity contribution in [2.24, 2.45) is 0 Å². The highest BCUT2D eigenvalue weighted by atomic mass is 15.3. The van der Waals surface area contributed by atoms with Crippen molar-refractivity contribution in [1.29, 1.82) is 0 Å². The monoisotopic (exact) mass is 235 g/mol. The molecule has 0 bridgehead atoms. The molecule has 0 aromatic carbocycles. The fourth-order valence-electron chi connectivity index (χ4n) is 2.13. The third-order valence-electron chi connectivity index (χ3n) is 3.33. The van der Waals surface area contributed by atoms with Gasteiger partial charge in [0.15, 0.2) is 0 Å². The zero-order chi connectivity index (χ0) is 12.3. The second-order valence-electron chi connectivity index (χ2n) is 5.40. The molecule has 1 N–H and O–H groups in total. The number of unbranched alkanes of at least 4 members (excludes halogenated alkanes) is 1. The number of hydrogen-bond acceptors (Lipinski definition) is 2. The summed E-state index contributed by atoms with van der Waals surface area (Å²) in [6.45, 7) is 8.71. The van der Waals surface area contributed by atoms with E-state index >= 15 is 0 Å². The third kappa shape index (κ3) is 3.32. The van der Waals surface area contributed by atoms with Crippen LogP contribution in [-0.2, 0) is 6.54 Å². The minimum atomic E-state index is 0.463. The highest BCUT2D eigenvalue weighted by Crippen LogP contribution is 2.39. The number of nitrogens with one attached hydrogen (secondary N) is 1. The van der Waals surface area contributed by atoms with Gasteiger partial charge < -0.3 is 5.32 Å². The Kier molecular flexibility index (Phi) is 4.21. The lowest BCUT2D eigenvalue weighted by molar-refractivity contribution is 0.490. The van der Waals surface area contributed by atoms with Crippen molar-refractivity contribution < 1.29 is 0 Å². The first-order valence-electron chi connectivity index (χ1n) is 7.01. The van der Waals surface area contributed by atoms with Crippen LogP contribution in [0.3, 0.4) is 0 Å². The maximum Gasteiger partial charge on any atom is 0.0659 e. The van der Waals surface area contributed by atoms with Gasteiger partial charge in [-0.05, 0) is 45.7 Å². The van der Waals surface area contributed by atoms with E-state index < -0.39 is 0 Å². The van der Waals surface area contributed by atoms with E-state index in [-0.39, 0.29) is 0 Å². The molecule has 0 radical (unpaired) electrons. The standard InChI is InChI=1S/C14H25N3/c1-4-5-8-15-10-13-9-14(12-6-7-12)16-17(13)11(2)3/h9,11-12,15H,4-8,10H2,1-3H3. The van der Waals surface area contributed by atoms with Gasteiger partial charge in [0.1, 0.15) is 0 Å². The second kappa shape index (κ2) is 5.67. The van der Waals surface area contributed by atoms with E-state index in [4.69, 9.17) is 5.10 Å². The van der Waals surface area contributed by atoms with E-state index in [2.05, 4.69) is 36.8 Å². The molecule has 0 unspecified atom stereocenters. The van der Waals surface area contributed by atoms with Crippen LogP contribution in [-0.4, -0.2) is 16.3 Å². The Morgan fingerprint density at radius 2 is 2.24 bits per heavy atom. The highest BCUT2D eigenvalue weighted by Gasteiger charge is 2.27. The number of aromatic nitrogens is 2. The minimum Gasteiger partial charge on any atom is -0.311 e. The molecule has 96 valence electrons. The summed E-state index contributed by atoms with van der Waals surface area (Å²) in [5, 5.41) is 8.26. The summed E-state index contributed by atoms with van der Waals surface area (Å²) in [6.07, 6.45) is 5.17. The van der Waals surface area contributed by atoms with Crippen molar-refractivity contribution in [2.75, 3.05) is 6.54 Å². The van der Waals surface area contributed by atoms with Gasteiger partial charge in [-0.2, -0.15) is 5.10 Å². The Morgan fingerprint density at radius 1 is 1.47 bits per heavy atom. The van der Waals surface area contributed by atoms with Gasteiger partial charge in [0.2, 0.25) is 0 Å². The largest absolute Gasteiger partial charge is 0.311 e. The molecule has 0 saturated heterocycles. The number of hydrogen-bond donors (Lipinski definition) is 1. The van der Waals surface area contributed by atoms with Gasteiger partial charge >= 0.3 is 0 Å². The van der Waals surface area contributed by atoms with E-state index in [1.54, 1.807) is 0 Å². The van der Waals surface area contributed by atoms with Crippen LogP contribution in [0, 0.1) is 0 Å². The van der Waals surface area contributed by atoms with Gasteiger partial charge in [0, 0.05) is 18.5 Å². The van der Waals surface area contributed by atoms with Gasteiger partial charge in [-0.1, -0.05) is 13.3 Å². The first kappa shape index (κ1) is 12.6. The molecule has 2 rings (SSSR count). The smallest absolute Gasteiger partial charge is 0.0659 e. The van der Waals surface area contributed by atoms with Crippen LogP contribution in [0.5, 0.6) is 0 Å². The predicted molar refractivity (Wildman–Crippen MR) is 71.2 cm³/mol. The predicted octanol–water partition coefficient (Wildman–Crippen LogP) is 3.23. The van der Waals surface area contributed by atoms with Crippen molar-refractivity contribution >= 4 is 0 Å². The minimum absolute atomic E-state index is 0.463. The molecule has 17 heavy (non-hydrogen) atoms. The molecule has 1 aliphatic rings. The number of rotatable bonds is 7. The average molecular weight is 235 g/mol. The van der Waals surface area contributed by atoms with E-state index in [0.29, 0.717) is 6.04 Å². The SMILES string of the molecule is CCCCNCc1cc(C2CC2)nn1C(C)C. The normalized spacial score (nSPS) is 15.8. The zero-order valence-electron chi connectivity index (χ0n) is 11.4. The molecular formula is C14H25N3. The molecule has 0 spiro atoms. The molecule has 1 aliphatic carbocycles. The van der Waals surface area contributed by atoms with Gasteiger partial charge in [0.25, 0.3) is 0 Å². The average Bonchev–Trinajstić information content (AvgIpc) is 3.05. The fraction of sp³-hybridized carbons (Fsp3) is 0.786. The number of nitrogens with zero attached hydrogens (tertiary/aromatic N) is 2. The van der Waals surface area contributed by atoms with E-state index in [0.717, 1.165) is 19.0 Å². The van der Waals surface area contributed by atoms with Crippen molar-refractivity contribution in [2.45, 2.75) is 65.0 Å². The molecule has 0 amide bonds. The molecule has 1 heterocycles. The Morgan fingerprint density at radius 3 is 2.82 bits per heavy atom. The third-order valence-corrected chi connectivity index (χ3v) is 3.33. The van der Waals surface area contributed by atoms with E-state index in [1.807, 2.05) is 0 Å². The molecule has 3 heteroatoms. The Balaban J connectivity index is 1.97. The first-order valence-corrected chi connectivity index (χ1v) is 7.01. The summed E-state index contributed by atoms with van der Waals surface area (Å²) in [4.78, 5) is 0. The maximum absolute atomic E-state index is 4.75. The lowest BCUT2D eigenvalue weighted by Gasteiger charge is -2.11. The summed E-state index contributed by atoms with van der Waals surface area (Å²) < 4.78 is 2.19. The van der Waals surface area contributed by atoms with Crippen LogP contribution in [0.15, 0.2) is 6.07 Å². The molecule has 1 aromatic rings. The summed E-state index contributed by atoms with van der Waals surface area (Å²) in [5.74, 6) is 0.754.